The van der Waals surface area contributed by atoms with Crippen molar-refractivity contribution in [2.24, 2.45) is 0 Å². The van der Waals surface area contributed by atoms with Gasteiger partial charge in [-0.05, 0) is 44.0 Å². The smallest absolute Gasteiger partial charge is 0.198 e. The van der Waals surface area contributed by atoms with E-state index in [9.17, 15) is 0 Å². The summed E-state index contributed by atoms with van der Waals surface area (Å²) in [5, 5.41) is 0. The van der Waals surface area contributed by atoms with E-state index >= 15 is 0 Å². The fourth-order valence-corrected chi connectivity index (χ4v) is 1.88. The maximum Gasteiger partial charge on any atom is 0.198 e. The molecule has 2 rings (SSSR count). The number of rotatable bonds is 0. The Hall–Kier alpha value is -0.550. The minimum atomic E-state index is 0.428. The van der Waals surface area contributed by atoms with E-state index in [1.165, 1.54) is 0 Å². The van der Waals surface area contributed by atoms with Crippen molar-refractivity contribution in [3.05, 3.63) is 21.1 Å². The van der Waals surface area contributed by atoms with E-state index in [2.05, 4.69) is 41.8 Å². The van der Waals surface area contributed by atoms with Gasteiger partial charge in [0.1, 0.15) is 5.52 Å². The van der Waals surface area contributed by atoms with Crippen molar-refractivity contribution in [2.45, 2.75) is 0 Å². The Kier molecular flexibility index (Phi) is 1.84. The number of nitrogen functional groups attached to an aromatic ring is 1. The zero-order valence-corrected chi connectivity index (χ0v) is 9.11. The van der Waals surface area contributed by atoms with E-state index in [0.29, 0.717) is 5.95 Å². The lowest BCUT2D eigenvalue weighted by atomic mass is 10.3. The van der Waals surface area contributed by atoms with Gasteiger partial charge >= 0.3 is 0 Å². The largest absolute Gasteiger partial charge is 0.369 e. The van der Waals surface area contributed by atoms with Crippen molar-refractivity contribution in [1.82, 2.24) is 9.97 Å². The normalized spacial score (nSPS) is 10.8. The van der Waals surface area contributed by atoms with Crippen LogP contribution in [0.15, 0.2) is 21.1 Å². The Morgan fingerprint density at radius 2 is 1.92 bits per heavy atom. The van der Waals surface area contributed by atoms with Crippen molar-refractivity contribution in [1.29, 1.82) is 0 Å². The van der Waals surface area contributed by atoms with E-state index in [1.54, 1.807) is 0 Å². The first-order valence-electron chi connectivity index (χ1n) is 3.27. The number of hydrogen-bond donors (Lipinski definition) is 2. The summed E-state index contributed by atoms with van der Waals surface area (Å²) in [4.78, 5) is 7.08. The van der Waals surface area contributed by atoms with Crippen molar-refractivity contribution < 1.29 is 0 Å². The summed E-state index contributed by atoms with van der Waals surface area (Å²) < 4.78 is 1.90. The Morgan fingerprint density at radius 3 is 2.58 bits per heavy atom. The molecule has 0 unspecified atom stereocenters. The molecule has 1 aromatic heterocycles. The molecule has 62 valence electrons. The highest BCUT2D eigenvalue weighted by atomic mass is 79.9. The molecule has 1 aromatic carbocycles. The minimum Gasteiger partial charge on any atom is -0.369 e. The van der Waals surface area contributed by atoms with E-state index in [-0.39, 0.29) is 0 Å². The molecule has 0 amide bonds. The SMILES string of the molecule is Nc1nc2c(Br)ccc(Br)c2[nH]1. The summed E-state index contributed by atoms with van der Waals surface area (Å²) >= 11 is 6.78. The van der Waals surface area contributed by atoms with Gasteiger partial charge in [0.05, 0.1) is 5.52 Å². The second-order valence-corrected chi connectivity index (χ2v) is 4.08. The van der Waals surface area contributed by atoms with Crippen LogP contribution in [-0.4, -0.2) is 9.97 Å². The number of aromatic nitrogens is 2. The summed E-state index contributed by atoms with van der Waals surface area (Å²) in [5.74, 6) is 0.428. The number of nitrogens with zero attached hydrogens (tertiary/aromatic N) is 1. The number of nitrogens with one attached hydrogen (secondary N) is 1. The molecule has 0 aliphatic heterocycles. The fourth-order valence-electron chi connectivity index (χ4n) is 1.05. The molecule has 12 heavy (non-hydrogen) atoms. The second-order valence-electron chi connectivity index (χ2n) is 2.37. The second kappa shape index (κ2) is 2.74. The highest BCUT2D eigenvalue weighted by molar-refractivity contribution is 9.11. The van der Waals surface area contributed by atoms with Crippen molar-refractivity contribution in [3.8, 4) is 0 Å². The zero-order chi connectivity index (χ0) is 8.72. The van der Waals surface area contributed by atoms with Crippen molar-refractivity contribution in [2.75, 3.05) is 5.73 Å². The average molecular weight is 291 g/mol. The standard InChI is InChI=1S/C7H5Br2N3/c8-3-1-2-4(9)6-5(3)11-7(10)12-6/h1-2H,(H3,10,11,12). The van der Waals surface area contributed by atoms with Gasteiger partial charge in [-0.2, -0.15) is 0 Å². The number of aromatic amines is 1. The van der Waals surface area contributed by atoms with Crippen LogP contribution in [0.3, 0.4) is 0 Å². The lowest BCUT2D eigenvalue weighted by Gasteiger charge is -1.93. The first-order valence-corrected chi connectivity index (χ1v) is 4.86. The van der Waals surface area contributed by atoms with E-state index in [4.69, 9.17) is 5.73 Å². The Bertz CT molecular complexity index is 396. The molecule has 0 aliphatic carbocycles. The molecular weight excluding hydrogens is 286 g/mol. The number of nitrogens with two attached hydrogens (primary N) is 1. The molecule has 3 N–H and O–H groups in total. The number of fused-ring (bicyclic) bond motifs is 1. The molecule has 0 saturated heterocycles. The van der Waals surface area contributed by atoms with Crippen LogP contribution >= 0.6 is 31.9 Å². The third-order valence-corrected chi connectivity index (χ3v) is 2.86. The minimum absolute atomic E-state index is 0.428. The van der Waals surface area contributed by atoms with Gasteiger partial charge in [-0.3, -0.25) is 0 Å². The number of benzene rings is 1. The summed E-state index contributed by atoms with van der Waals surface area (Å²) in [7, 11) is 0. The van der Waals surface area contributed by atoms with Gasteiger partial charge in [0, 0.05) is 8.95 Å². The van der Waals surface area contributed by atoms with E-state index in [1.807, 2.05) is 12.1 Å². The predicted molar refractivity (Wildman–Crippen MR) is 55.9 cm³/mol. The van der Waals surface area contributed by atoms with Gasteiger partial charge in [-0.1, -0.05) is 0 Å². The maximum absolute atomic E-state index is 5.52. The topological polar surface area (TPSA) is 54.7 Å². The molecule has 0 atom stereocenters. The van der Waals surface area contributed by atoms with Crippen LogP contribution in [-0.2, 0) is 0 Å². The predicted octanol–water partition coefficient (Wildman–Crippen LogP) is 2.67. The van der Waals surface area contributed by atoms with E-state index < -0.39 is 0 Å². The van der Waals surface area contributed by atoms with Gasteiger partial charge in [0.15, 0.2) is 5.95 Å². The van der Waals surface area contributed by atoms with Gasteiger partial charge in [0.2, 0.25) is 0 Å². The van der Waals surface area contributed by atoms with Crippen LogP contribution in [0.1, 0.15) is 0 Å². The number of hydrogen-bond acceptors (Lipinski definition) is 2. The summed E-state index contributed by atoms with van der Waals surface area (Å²) in [6.45, 7) is 0. The van der Waals surface area contributed by atoms with Gasteiger partial charge in [0.25, 0.3) is 0 Å². The molecule has 0 bridgehead atoms. The summed E-state index contributed by atoms with van der Waals surface area (Å²) in [5.41, 5.74) is 7.29. The lowest BCUT2D eigenvalue weighted by Crippen LogP contribution is -1.84. The molecule has 5 heteroatoms. The van der Waals surface area contributed by atoms with Gasteiger partial charge < -0.3 is 10.7 Å². The highest BCUT2D eigenvalue weighted by Crippen LogP contribution is 2.28. The molecular formula is C7H5Br2N3. The first kappa shape index (κ1) is 8.07. The Balaban J connectivity index is 2.93. The van der Waals surface area contributed by atoms with Crippen LogP contribution in [0.25, 0.3) is 11.0 Å². The molecule has 0 radical (unpaired) electrons. The average Bonchev–Trinajstić information content (AvgIpc) is 2.41. The lowest BCUT2D eigenvalue weighted by molar-refractivity contribution is 1.35. The van der Waals surface area contributed by atoms with Crippen molar-refractivity contribution in [3.63, 3.8) is 0 Å². The molecule has 0 aliphatic rings. The van der Waals surface area contributed by atoms with Crippen LogP contribution < -0.4 is 5.73 Å². The monoisotopic (exact) mass is 289 g/mol. The third kappa shape index (κ3) is 1.13. The Labute approximate surface area is 85.6 Å². The van der Waals surface area contributed by atoms with Gasteiger partial charge in [-0.25, -0.2) is 4.98 Å². The van der Waals surface area contributed by atoms with E-state index in [0.717, 1.165) is 20.0 Å². The summed E-state index contributed by atoms with van der Waals surface area (Å²) in [6, 6.07) is 3.86. The van der Waals surface area contributed by atoms with Crippen molar-refractivity contribution >= 4 is 48.8 Å². The Morgan fingerprint density at radius 1 is 1.25 bits per heavy atom. The molecule has 2 aromatic rings. The molecule has 0 spiro atoms. The van der Waals surface area contributed by atoms with Gasteiger partial charge in [-0.15, -0.1) is 0 Å². The number of halogens is 2. The van der Waals surface area contributed by atoms with Crippen LogP contribution in [0, 0.1) is 0 Å². The van der Waals surface area contributed by atoms with Crippen LogP contribution in [0.2, 0.25) is 0 Å². The zero-order valence-electron chi connectivity index (χ0n) is 5.94. The molecule has 1 heterocycles. The molecule has 0 saturated carbocycles. The maximum atomic E-state index is 5.52. The molecule has 0 fully saturated rings. The highest BCUT2D eigenvalue weighted by Gasteiger charge is 2.06. The number of anilines is 1. The molecule has 3 nitrogen and oxygen atoms in total. The third-order valence-electron chi connectivity index (χ3n) is 1.56. The quantitative estimate of drug-likeness (QED) is 0.784. The number of H-pyrrole nitrogens is 1. The number of imidazole rings is 1. The van der Waals surface area contributed by atoms with Crippen LogP contribution in [0.5, 0.6) is 0 Å². The first-order chi connectivity index (χ1) is 5.68. The summed E-state index contributed by atoms with van der Waals surface area (Å²) in [6.07, 6.45) is 0. The van der Waals surface area contributed by atoms with Crippen LogP contribution in [0.4, 0.5) is 5.95 Å². The fraction of sp³-hybridized carbons (Fsp3) is 0.